The van der Waals surface area contributed by atoms with Crippen LogP contribution >= 0.6 is 0 Å². The third kappa shape index (κ3) is 4.14. The molecule has 2 saturated heterocycles. The van der Waals surface area contributed by atoms with Gasteiger partial charge in [0.1, 0.15) is 6.10 Å². The normalized spacial score (nSPS) is 20.5. The molecule has 0 spiro atoms. The van der Waals surface area contributed by atoms with Gasteiger partial charge in [-0.1, -0.05) is 12.1 Å². The van der Waals surface area contributed by atoms with E-state index in [1.165, 1.54) is 5.69 Å². The van der Waals surface area contributed by atoms with Crippen molar-refractivity contribution in [2.45, 2.75) is 19.4 Å². The fraction of sp³-hybridized carbons (Fsp3) is 0.458. The van der Waals surface area contributed by atoms with E-state index in [0.29, 0.717) is 18.8 Å². The van der Waals surface area contributed by atoms with E-state index >= 15 is 0 Å². The molecule has 2 aromatic heterocycles. The molecule has 168 valence electrons. The van der Waals surface area contributed by atoms with Crippen LogP contribution in [0.1, 0.15) is 13.3 Å². The lowest BCUT2D eigenvalue weighted by molar-refractivity contribution is -0.119. The number of nitrogens with one attached hydrogen (secondary N) is 1. The van der Waals surface area contributed by atoms with Gasteiger partial charge in [-0.3, -0.25) is 9.48 Å². The number of carbonyl (C=O) groups is 1. The van der Waals surface area contributed by atoms with Crippen LogP contribution in [0.4, 0.5) is 5.69 Å². The predicted octanol–water partition coefficient (Wildman–Crippen LogP) is 2.29. The second-order valence-electron chi connectivity index (χ2n) is 8.98. The summed E-state index contributed by atoms with van der Waals surface area (Å²) in [7, 11) is 4.07. The Bertz CT molecular complexity index is 1120. The van der Waals surface area contributed by atoms with Gasteiger partial charge in [0, 0.05) is 69.6 Å². The number of fused-ring (bicyclic) bond motifs is 1. The van der Waals surface area contributed by atoms with Gasteiger partial charge in [-0.15, -0.1) is 0 Å². The second-order valence-corrected chi connectivity index (χ2v) is 8.98. The lowest BCUT2D eigenvalue weighted by atomic mass is 10.0. The Balaban J connectivity index is 1.42. The van der Waals surface area contributed by atoms with Gasteiger partial charge in [0.25, 0.3) is 0 Å². The topological polar surface area (TPSA) is 75.5 Å². The summed E-state index contributed by atoms with van der Waals surface area (Å²) in [6.07, 6.45) is 2.30. The van der Waals surface area contributed by atoms with Gasteiger partial charge in [0.05, 0.1) is 16.6 Å². The Kier molecular flexibility index (Phi) is 5.46. The predicted molar refractivity (Wildman–Crippen MR) is 125 cm³/mol. The van der Waals surface area contributed by atoms with Crippen LogP contribution in [0.15, 0.2) is 36.5 Å². The van der Waals surface area contributed by atoms with Gasteiger partial charge >= 0.3 is 0 Å². The molecule has 3 aromatic rings. The summed E-state index contributed by atoms with van der Waals surface area (Å²) >= 11 is 0. The summed E-state index contributed by atoms with van der Waals surface area (Å²) in [5.74, 6) is 0.794. The molecule has 8 heteroatoms. The number of amides is 1. The lowest BCUT2D eigenvalue weighted by Crippen LogP contribution is -2.44. The number of carbonyl (C=O) groups excluding carboxylic acids is 1. The van der Waals surface area contributed by atoms with E-state index < -0.39 is 0 Å². The van der Waals surface area contributed by atoms with Crippen molar-refractivity contribution in [3.8, 4) is 17.1 Å². The molecule has 2 unspecified atom stereocenters. The number of hydrogen-bond donors (Lipinski definition) is 1. The van der Waals surface area contributed by atoms with Crippen molar-refractivity contribution in [1.29, 1.82) is 0 Å². The minimum Gasteiger partial charge on any atom is -0.474 e. The average Bonchev–Trinajstić information content (AvgIpc) is 3.39. The fourth-order valence-electron chi connectivity index (χ4n) is 4.49. The van der Waals surface area contributed by atoms with Crippen molar-refractivity contribution in [3.63, 3.8) is 0 Å². The second kappa shape index (κ2) is 8.43. The largest absolute Gasteiger partial charge is 0.474 e. The standard InChI is InChI=1S/C24H30N6O2/c1-16(18-12-23(31)25-14-18)32-24-20-15-29(3)27-22(20)13-21(26-24)17-4-6-19(7-5-17)30-10-8-28(2)9-11-30/h4-7,13,15-16,18H,8-12,14H2,1-3H3,(H,25,31). The average molecular weight is 435 g/mol. The molecule has 0 aliphatic carbocycles. The van der Waals surface area contributed by atoms with Crippen LogP contribution in [-0.4, -0.2) is 71.4 Å². The number of aryl methyl sites for hydroxylation is 1. The molecular formula is C24H30N6O2. The van der Waals surface area contributed by atoms with E-state index in [2.05, 4.69) is 51.5 Å². The number of nitrogens with zero attached hydrogens (tertiary/aromatic N) is 5. The Morgan fingerprint density at radius 3 is 2.56 bits per heavy atom. The van der Waals surface area contributed by atoms with Crippen LogP contribution in [0.5, 0.6) is 5.88 Å². The number of ether oxygens (including phenoxy) is 1. The quantitative estimate of drug-likeness (QED) is 0.664. The SMILES string of the molecule is CC(Oc1nc(-c2ccc(N3CCN(C)CC3)cc2)cc2nn(C)cc12)C1CNC(=O)C1. The first kappa shape index (κ1) is 20.8. The highest BCUT2D eigenvalue weighted by molar-refractivity contribution is 5.87. The van der Waals surface area contributed by atoms with Crippen molar-refractivity contribution in [2.24, 2.45) is 13.0 Å². The van der Waals surface area contributed by atoms with Crippen LogP contribution in [0.3, 0.4) is 0 Å². The van der Waals surface area contributed by atoms with Crippen LogP contribution in [0.2, 0.25) is 0 Å². The molecular weight excluding hydrogens is 404 g/mol. The van der Waals surface area contributed by atoms with E-state index in [1.54, 1.807) is 4.68 Å². The number of anilines is 1. The Hall–Kier alpha value is -3.13. The summed E-state index contributed by atoms with van der Waals surface area (Å²) in [6, 6.07) is 10.6. The van der Waals surface area contributed by atoms with Crippen molar-refractivity contribution in [1.82, 2.24) is 25.0 Å². The number of hydrogen-bond acceptors (Lipinski definition) is 6. The number of benzene rings is 1. The first-order valence-corrected chi connectivity index (χ1v) is 11.3. The molecule has 2 fully saturated rings. The molecule has 8 nitrogen and oxygen atoms in total. The van der Waals surface area contributed by atoms with Crippen LogP contribution in [-0.2, 0) is 11.8 Å². The molecule has 0 bridgehead atoms. The third-order valence-electron chi connectivity index (χ3n) is 6.59. The van der Waals surface area contributed by atoms with Gasteiger partial charge in [0.2, 0.25) is 11.8 Å². The summed E-state index contributed by atoms with van der Waals surface area (Å²) in [5.41, 5.74) is 3.96. The molecule has 1 aromatic carbocycles. The highest BCUT2D eigenvalue weighted by Crippen LogP contribution is 2.31. The molecule has 32 heavy (non-hydrogen) atoms. The van der Waals surface area contributed by atoms with E-state index in [4.69, 9.17) is 9.72 Å². The number of likely N-dealkylation sites (N-methyl/N-ethyl adjacent to an activating group) is 1. The fourth-order valence-corrected chi connectivity index (χ4v) is 4.49. The number of pyridine rings is 1. The van der Waals surface area contributed by atoms with E-state index in [1.807, 2.05) is 26.2 Å². The lowest BCUT2D eigenvalue weighted by Gasteiger charge is -2.34. The monoisotopic (exact) mass is 434 g/mol. The summed E-state index contributed by atoms with van der Waals surface area (Å²) < 4.78 is 8.08. The first-order chi connectivity index (χ1) is 15.5. The Morgan fingerprint density at radius 1 is 1.12 bits per heavy atom. The maximum Gasteiger partial charge on any atom is 0.225 e. The molecule has 2 aliphatic rings. The molecule has 4 heterocycles. The summed E-state index contributed by atoms with van der Waals surface area (Å²) in [5, 5.41) is 8.36. The van der Waals surface area contributed by atoms with Crippen LogP contribution in [0, 0.1) is 5.92 Å². The molecule has 0 radical (unpaired) electrons. The van der Waals surface area contributed by atoms with Crippen molar-refractivity contribution < 1.29 is 9.53 Å². The smallest absolute Gasteiger partial charge is 0.225 e. The Morgan fingerprint density at radius 2 is 1.88 bits per heavy atom. The van der Waals surface area contributed by atoms with E-state index in [0.717, 1.165) is 48.3 Å². The van der Waals surface area contributed by atoms with Crippen molar-refractivity contribution in [2.75, 3.05) is 44.7 Å². The van der Waals surface area contributed by atoms with E-state index in [-0.39, 0.29) is 17.9 Å². The molecule has 1 N–H and O–H groups in total. The maximum atomic E-state index is 11.6. The first-order valence-electron chi connectivity index (χ1n) is 11.3. The maximum absolute atomic E-state index is 11.6. The van der Waals surface area contributed by atoms with Gasteiger partial charge in [-0.2, -0.15) is 5.10 Å². The van der Waals surface area contributed by atoms with Crippen molar-refractivity contribution >= 4 is 22.5 Å². The van der Waals surface area contributed by atoms with Gasteiger partial charge in [0.15, 0.2) is 0 Å². The summed E-state index contributed by atoms with van der Waals surface area (Å²) in [6.45, 7) is 6.90. The molecule has 0 saturated carbocycles. The molecule has 5 rings (SSSR count). The minimum atomic E-state index is -0.125. The van der Waals surface area contributed by atoms with Gasteiger partial charge in [-0.25, -0.2) is 4.98 Å². The van der Waals surface area contributed by atoms with Crippen molar-refractivity contribution in [3.05, 3.63) is 36.5 Å². The third-order valence-corrected chi connectivity index (χ3v) is 6.59. The molecule has 2 aliphatic heterocycles. The van der Waals surface area contributed by atoms with Gasteiger partial charge < -0.3 is 19.9 Å². The zero-order valence-electron chi connectivity index (χ0n) is 18.9. The number of piperazine rings is 1. The number of rotatable bonds is 5. The molecule has 2 atom stereocenters. The van der Waals surface area contributed by atoms with Crippen LogP contribution in [0.25, 0.3) is 22.2 Å². The van der Waals surface area contributed by atoms with Gasteiger partial charge in [-0.05, 0) is 32.2 Å². The van der Waals surface area contributed by atoms with Crippen LogP contribution < -0.4 is 15.0 Å². The molecule has 1 amide bonds. The highest BCUT2D eigenvalue weighted by Gasteiger charge is 2.29. The highest BCUT2D eigenvalue weighted by atomic mass is 16.5. The Labute approximate surface area is 188 Å². The number of aromatic nitrogens is 3. The minimum absolute atomic E-state index is 0.0825. The van der Waals surface area contributed by atoms with E-state index in [9.17, 15) is 4.79 Å². The zero-order chi connectivity index (χ0) is 22.2. The zero-order valence-corrected chi connectivity index (χ0v) is 18.9. The summed E-state index contributed by atoms with van der Waals surface area (Å²) in [4.78, 5) is 21.3.